The Hall–Kier alpha value is -2.96. The Labute approximate surface area is 139 Å². The van der Waals surface area contributed by atoms with Crippen molar-refractivity contribution < 1.29 is 14.3 Å². The van der Waals surface area contributed by atoms with E-state index < -0.39 is 11.9 Å². The lowest BCUT2D eigenvalue weighted by atomic mass is 10.1. The Balaban J connectivity index is 2.32. The van der Waals surface area contributed by atoms with Crippen molar-refractivity contribution in [2.24, 2.45) is 7.05 Å². The normalized spacial score (nSPS) is 10.3. The summed E-state index contributed by atoms with van der Waals surface area (Å²) in [7, 11) is 2.73. The van der Waals surface area contributed by atoms with Crippen molar-refractivity contribution in [1.82, 2.24) is 14.7 Å². The van der Waals surface area contributed by atoms with Crippen LogP contribution in [0.5, 0.6) is 0 Å². The lowest BCUT2D eigenvalue weighted by Gasteiger charge is -2.22. The van der Waals surface area contributed by atoms with Crippen molar-refractivity contribution >= 4 is 11.9 Å². The highest BCUT2D eigenvalue weighted by Gasteiger charge is 2.21. The minimum Gasteiger partial charge on any atom is -0.468 e. The van der Waals surface area contributed by atoms with Crippen LogP contribution in [-0.4, -0.2) is 40.2 Å². The molecule has 0 aliphatic rings. The third-order valence-corrected chi connectivity index (χ3v) is 3.64. The second-order valence-corrected chi connectivity index (χ2v) is 5.34. The first-order chi connectivity index (χ1) is 11.4. The van der Waals surface area contributed by atoms with Crippen LogP contribution < -0.4 is 5.56 Å². The Morgan fingerprint density at radius 2 is 1.92 bits per heavy atom. The van der Waals surface area contributed by atoms with Gasteiger partial charge >= 0.3 is 5.97 Å². The third-order valence-electron chi connectivity index (χ3n) is 3.64. The molecule has 0 saturated carbocycles. The summed E-state index contributed by atoms with van der Waals surface area (Å²) in [6, 6.07) is 10.2. The number of esters is 1. The predicted octanol–water partition coefficient (Wildman–Crippen LogP) is 0.904. The van der Waals surface area contributed by atoms with E-state index in [1.54, 1.807) is 0 Å². The second kappa shape index (κ2) is 7.54. The second-order valence-electron chi connectivity index (χ2n) is 5.34. The van der Waals surface area contributed by atoms with Gasteiger partial charge < -0.3 is 9.64 Å². The van der Waals surface area contributed by atoms with E-state index in [0.29, 0.717) is 0 Å². The molecule has 1 heterocycles. The lowest BCUT2D eigenvalue weighted by molar-refractivity contribution is -0.141. The summed E-state index contributed by atoms with van der Waals surface area (Å²) in [5.74, 6) is -0.971. The first kappa shape index (κ1) is 17.4. The molecular weight excluding hydrogens is 310 g/mol. The fourth-order valence-corrected chi connectivity index (χ4v) is 2.19. The van der Waals surface area contributed by atoms with E-state index in [9.17, 15) is 14.4 Å². The number of hydrogen-bond donors (Lipinski definition) is 0. The van der Waals surface area contributed by atoms with E-state index >= 15 is 0 Å². The molecule has 0 aliphatic heterocycles. The van der Waals surface area contributed by atoms with Crippen molar-refractivity contribution in [2.45, 2.75) is 13.5 Å². The number of methoxy groups -OCH3 is 1. The number of nitrogens with zero attached hydrogens (tertiary/aromatic N) is 3. The van der Waals surface area contributed by atoms with E-state index in [1.165, 1.54) is 31.2 Å². The molecule has 1 amide bonds. The molecule has 2 rings (SSSR count). The summed E-state index contributed by atoms with van der Waals surface area (Å²) in [4.78, 5) is 37.2. The van der Waals surface area contributed by atoms with Crippen LogP contribution >= 0.6 is 0 Å². The largest absolute Gasteiger partial charge is 0.468 e. The summed E-state index contributed by atoms with van der Waals surface area (Å²) in [5, 5.41) is 3.95. The van der Waals surface area contributed by atoms with Gasteiger partial charge in [-0.05, 0) is 24.1 Å². The van der Waals surface area contributed by atoms with Crippen LogP contribution in [0.4, 0.5) is 0 Å². The molecule has 1 aromatic carbocycles. The average Bonchev–Trinajstić information content (AvgIpc) is 2.57. The fraction of sp³-hybridized carbons (Fsp3) is 0.294. The average molecular weight is 329 g/mol. The Morgan fingerprint density at radius 1 is 1.21 bits per heavy atom. The number of benzene rings is 1. The maximum atomic E-state index is 12.7. The van der Waals surface area contributed by atoms with Gasteiger partial charge in [0.05, 0.1) is 7.11 Å². The molecular formula is C17H19N3O4. The van der Waals surface area contributed by atoms with Crippen LogP contribution in [0.15, 0.2) is 41.2 Å². The summed E-state index contributed by atoms with van der Waals surface area (Å²) < 4.78 is 5.75. The van der Waals surface area contributed by atoms with Gasteiger partial charge in [-0.3, -0.25) is 14.4 Å². The van der Waals surface area contributed by atoms with Crippen LogP contribution in [0, 0.1) is 6.92 Å². The van der Waals surface area contributed by atoms with Crippen LogP contribution in [0.2, 0.25) is 0 Å². The first-order valence-corrected chi connectivity index (χ1v) is 7.37. The maximum absolute atomic E-state index is 12.7. The molecule has 0 unspecified atom stereocenters. The number of carbonyl (C=O) groups is 2. The molecule has 126 valence electrons. The van der Waals surface area contributed by atoms with Crippen molar-refractivity contribution in [2.75, 3.05) is 13.7 Å². The Bertz CT molecular complexity index is 813. The monoisotopic (exact) mass is 329 g/mol. The highest BCUT2D eigenvalue weighted by atomic mass is 16.5. The number of carbonyl (C=O) groups excluding carboxylic acids is 2. The van der Waals surface area contributed by atoms with Gasteiger partial charge in [0.1, 0.15) is 12.2 Å². The number of rotatable bonds is 5. The predicted molar refractivity (Wildman–Crippen MR) is 87.4 cm³/mol. The zero-order valence-electron chi connectivity index (χ0n) is 13.9. The SMILES string of the molecule is COC(=O)CN(Cc1ccccc1C)C(=O)c1ccc(=O)n(C)n1. The Morgan fingerprint density at radius 3 is 2.54 bits per heavy atom. The molecule has 0 saturated heterocycles. The lowest BCUT2D eigenvalue weighted by Crippen LogP contribution is -2.37. The molecule has 1 aromatic heterocycles. The molecule has 0 spiro atoms. The molecule has 0 N–H and O–H groups in total. The van der Waals surface area contributed by atoms with Gasteiger partial charge in [-0.2, -0.15) is 5.10 Å². The number of amides is 1. The number of ether oxygens (including phenoxy) is 1. The molecule has 0 bridgehead atoms. The molecule has 24 heavy (non-hydrogen) atoms. The number of aromatic nitrogens is 2. The standard InChI is InChI=1S/C17H19N3O4/c1-12-6-4-5-7-13(12)10-20(11-16(22)24-3)17(23)14-8-9-15(21)19(2)18-14/h4-9H,10-11H2,1-3H3. The van der Waals surface area contributed by atoms with Crippen LogP contribution in [-0.2, 0) is 23.1 Å². The summed E-state index contributed by atoms with van der Waals surface area (Å²) in [5.41, 5.74) is 1.70. The number of aryl methyl sites for hydroxylation is 2. The quantitative estimate of drug-likeness (QED) is 0.762. The van der Waals surface area contributed by atoms with Crippen LogP contribution in [0.25, 0.3) is 0 Å². The number of hydrogen-bond acceptors (Lipinski definition) is 5. The summed E-state index contributed by atoms with van der Waals surface area (Å²) >= 11 is 0. The topological polar surface area (TPSA) is 81.5 Å². The van der Waals surface area contributed by atoms with Gasteiger partial charge in [0.25, 0.3) is 11.5 Å². The summed E-state index contributed by atoms with van der Waals surface area (Å²) in [6.45, 7) is 1.97. The maximum Gasteiger partial charge on any atom is 0.325 e. The van der Waals surface area contributed by atoms with Crippen molar-refractivity contribution in [3.63, 3.8) is 0 Å². The minimum absolute atomic E-state index is 0.0922. The summed E-state index contributed by atoms with van der Waals surface area (Å²) in [6.07, 6.45) is 0. The molecule has 0 atom stereocenters. The van der Waals surface area contributed by atoms with Gasteiger partial charge in [-0.15, -0.1) is 0 Å². The molecule has 7 nitrogen and oxygen atoms in total. The highest BCUT2D eigenvalue weighted by Crippen LogP contribution is 2.12. The van der Waals surface area contributed by atoms with Crippen molar-refractivity contribution in [3.05, 3.63) is 63.6 Å². The smallest absolute Gasteiger partial charge is 0.325 e. The van der Waals surface area contributed by atoms with Crippen molar-refractivity contribution in [3.8, 4) is 0 Å². The van der Waals surface area contributed by atoms with E-state index in [0.717, 1.165) is 15.8 Å². The molecule has 2 aromatic rings. The zero-order chi connectivity index (χ0) is 17.7. The van der Waals surface area contributed by atoms with E-state index in [-0.39, 0.29) is 24.3 Å². The fourth-order valence-electron chi connectivity index (χ4n) is 2.19. The van der Waals surface area contributed by atoms with Gasteiger partial charge in [0.2, 0.25) is 0 Å². The molecule has 0 aliphatic carbocycles. The first-order valence-electron chi connectivity index (χ1n) is 7.37. The van der Waals surface area contributed by atoms with Gasteiger partial charge in [0, 0.05) is 19.7 Å². The van der Waals surface area contributed by atoms with Crippen LogP contribution in [0.1, 0.15) is 21.6 Å². The highest BCUT2D eigenvalue weighted by molar-refractivity contribution is 5.94. The van der Waals surface area contributed by atoms with E-state index in [4.69, 9.17) is 0 Å². The van der Waals surface area contributed by atoms with Gasteiger partial charge in [-0.25, -0.2) is 4.68 Å². The van der Waals surface area contributed by atoms with Crippen molar-refractivity contribution in [1.29, 1.82) is 0 Å². The third kappa shape index (κ3) is 4.07. The van der Waals surface area contributed by atoms with E-state index in [2.05, 4.69) is 9.84 Å². The molecule has 7 heteroatoms. The molecule has 0 fully saturated rings. The van der Waals surface area contributed by atoms with Gasteiger partial charge in [0.15, 0.2) is 0 Å². The zero-order valence-corrected chi connectivity index (χ0v) is 13.9. The van der Waals surface area contributed by atoms with E-state index in [1.807, 2.05) is 31.2 Å². The molecule has 0 radical (unpaired) electrons. The van der Waals surface area contributed by atoms with Crippen LogP contribution in [0.3, 0.4) is 0 Å². The Kier molecular flexibility index (Phi) is 5.47. The van der Waals surface area contributed by atoms with Gasteiger partial charge in [-0.1, -0.05) is 24.3 Å². The minimum atomic E-state index is -0.526.